The summed E-state index contributed by atoms with van der Waals surface area (Å²) in [4.78, 5) is 1.95. The molecule has 0 saturated carbocycles. The number of ether oxygens (including phenoxy) is 2. The van der Waals surface area contributed by atoms with Crippen LogP contribution >= 0.6 is 0 Å². The highest BCUT2D eigenvalue weighted by Crippen LogP contribution is 2.06. The fourth-order valence-corrected chi connectivity index (χ4v) is 1.18. The summed E-state index contributed by atoms with van der Waals surface area (Å²) < 4.78 is 10.4. The van der Waals surface area contributed by atoms with E-state index in [0.29, 0.717) is 13.3 Å². The zero-order chi connectivity index (χ0) is 8.81. The maximum atomic E-state index is 8.41. The first-order valence-corrected chi connectivity index (χ1v) is 4.08. The second-order valence-corrected chi connectivity index (χ2v) is 2.96. The Kier molecular flexibility index (Phi) is 4.01. The van der Waals surface area contributed by atoms with Gasteiger partial charge in [-0.15, -0.1) is 0 Å². The van der Waals surface area contributed by atoms with Crippen molar-refractivity contribution >= 4 is 0 Å². The van der Waals surface area contributed by atoms with Crippen molar-refractivity contribution in [1.29, 1.82) is 5.26 Å². The van der Waals surface area contributed by atoms with E-state index >= 15 is 0 Å². The van der Waals surface area contributed by atoms with E-state index in [1.165, 1.54) is 0 Å². The average molecular weight is 170 g/mol. The van der Waals surface area contributed by atoms with E-state index < -0.39 is 0 Å². The van der Waals surface area contributed by atoms with Gasteiger partial charge in [-0.2, -0.15) is 5.26 Å². The predicted molar refractivity (Wildman–Crippen MR) is 43.4 cm³/mol. The Morgan fingerprint density at radius 2 is 2.50 bits per heavy atom. The number of likely N-dealkylation sites (N-methyl/N-ethyl adjacent to an activating group) is 1. The normalized spacial score (nSPS) is 23.9. The second-order valence-electron chi connectivity index (χ2n) is 2.96. The first kappa shape index (κ1) is 9.46. The standard InChI is InChI=1S/C8H14N2O2/c1-10(4-3-9)6-8-2-5-11-7-12-8/h8H,2,4-7H2,1H3. The smallest absolute Gasteiger partial charge is 0.147 e. The number of hydrogen-bond donors (Lipinski definition) is 0. The molecule has 0 radical (unpaired) electrons. The van der Waals surface area contributed by atoms with Crippen LogP contribution in [0.5, 0.6) is 0 Å². The molecule has 1 rings (SSSR count). The summed E-state index contributed by atoms with van der Waals surface area (Å²) >= 11 is 0. The Balaban J connectivity index is 2.16. The fourth-order valence-electron chi connectivity index (χ4n) is 1.18. The van der Waals surface area contributed by atoms with Crippen molar-refractivity contribution in [2.75, 3.05) is 33.5 Å². The van der Waals surface area contributed by atoms with Gasteiger partial charge in [0.05, 0.1) is 25.3 Å². The second kappa shape index (κ2) is 5.09. The SMILES string of the molecule is CN(CC#N)CC1CCOCO1. The van der Waals surface area contributed by atoms with E-state index in [9.17, 15) is 0 Å². The largest absolute Gasteiger partial charge is 0.355 e. The maximum absolute atomic E-state index is 8.41. The molecule has 0 aromatic carbocycles. The molecular formula is C8H14N2O2. The fraction of sp³-hybridized carbons (Fsp3) is 0.875. The quantitative estimate of drug-likeness (QED) is 0.568. The molecule has 68 valence electrons. The van der Waals surface area contributed by atoms with Gasteiger partial charge in [-0.1, -0.05) is 0 Å². The van der Waals surface area contributed by atoms with Gasteiger partial charge in [-0.25, -0.2) is 0 Å². The summed E-state index contributed by atoms with van der Waals surface area (Å²) in [7, 11) is 1.92. The lowest BCUT2D eigenvalue weighted by molar-refractivity contribution is -0.143. The van der Waals surface area contributed by atoms with Gasteiger partial charge in [0.1, 0.15) is 6.79 Å². The zero-order valence-corrected chi connectivity index (χ0v) is 7.32. The van der Waals surface area contributed by atoms with Gasteiger partial charge >= 0.3 is 0 Å². The van der Waals surface area contributed by atoms with Crippen molar-refractivity contribution in [3.05, 3.63) is 0 Å². The van der Waals surface area contributed by atoms with Crippen LogP contribution in [0.25, 0.3) is 0 Å². The lowest BCUT2D eigenvalue weighted by atomic mass is 10.2. The van der Waals surface area contributed by atoms with Gasteiger partial charge in [0, 0.05) is 6.54 Å². The van der Waals surface area contributed by atoms with Crippen molar-refractivity contribution in [2.45, 2.75) is 12.5 Å². The first-order chi connectivity index (χ1) is 5.83. The van der Waals surface area contributed by atoms with Gasteiger partial charge in [0.25, 0.3) is 0 Å². The lowest BCUT2D eigenvalue weighted by Crippen LogP contribution is -2.35. The molecule has 1 saturated heterocycles. The van der Waals surface area contributed by atoms with Gasteiger partial charge < -0.3 is 9.47 Å². The number of rotatable bonds is 3. The van der Waals surface area contributed by atoms with Crippen molar-refractivity contribution in [2.24, 2.45) is 0 Å². The van der Waals surface area contributed by atoms with Gasteiger partial charge in [-0.3, -0.25) is 4.90 Å². The monoisotopic (exact) mass is 170 g/mol. The van der Waals surface area contributed by atoms with Crippen molar-refractivity contribution in [3.8, 4) is 6.07 Å². The van der Waals surface area contributed by atoms with Gasteiger partial charge in [-0.05, 0) is 13.5 Å². The molecule has 0 aliphatic carbocycles. The Hall–Kier alpha value is -0.630. The van der Waals surface area contributed by atoms with Gasteiger partial charge in [0.15, 0.2) is 0 Å². The Morgan fingerprint density at radius 1 is 1.67 bits per heavy atom. The topological polar surface area (TPSA) is 45.5 Å². The van der Waals surface area contributed by atoms with Gasteiger partial charge in [0.2, 0.25) is 0 Å². The Labute approximate surface area is 72.7 Å². The van der Waals surface area contributed by atoms with Crippen molar-refractivity contribution in [3.63, 3.8) is 0 Å². The van der Waals surface area contributed by atoms with Crippen LogP contribution in [0.15, 0.2) is 0 Å². The van der Waals surface area contributed by atoms with Crippen LogP contribution in [-0.2, 0) is 9.47 Å². The summed E-state index contributed by atoms with van der Waals surface area (Å²) in [5.41, 5.74) is 0. The minimum atomic E-state index is 0.233. The van der Waals surface area contributed by atoms with Crippen LogP contribution in [0.3, 0.4) is 0 Å². The molecule has 0 aromatic heterocycles. The molecule has 12 heavy (non-hydrogen) atoms. The van der Waals surface area contributed by atoms with Crippen molar-refractivity contribution < 1.29 is 9.47 Å². The number of hydrogen-bond acceptors (Lipinski definition) is 4. The summed E-state index contributed by atoms with van der Waals surface area (Å²) in [5.74, 6) is 0. The summed E-state index contributed by atoms with van der Waals surface area (Å²) in [6.45, 7) is 2.44. The van der Waals surface area contributed by atoms with E-state index in [2.05, 4.69) is 6.07 Å². The van der Waals surface area contributed by atoms with Crippen LogP contribution in [0.4, 0.5) is 0 Å². The van der Waals surface area contributed by atoms with Crippen molar-refractivity contribution in [1.82, 2.24) is 4.90 Å². The zero-order valence-electron chi connectivity index (χ0n) is 7.32. The summed E-state index contributed by atoms with van der Waals surface area (Å²) in [5, 5.41) is 8.41. The molecule has 4 heteroatoms. The maximum Gasteiger partial charge on any atom is 0.147 e. The molecule has 1 fully saturated rings. The molecule has 0 bridgehead atoms. The van der Waals surface area contributed by atoms with Crippen LogP contribution in [0, 0.1) is 11.3 Å². The molecule has 1 heterocycles. The highest BCUT2D eigenvalue weighted by molar-refractivity contribution is 4.76. The molecular weight excluding hydrogens is 156 g/mol. The van der Waals surface area contributed by atoms with E-state index in [-0.39, 0.29) is 6.10 Å². The van der Waals surface area contributed by atoms with E-state index in [0.717, 1.165) is 19.6 Å². The Bertz CT molecular complexity index is 161. The molecule has 1 atom stereocenters. The molecule has 0 spiro atoms. The lowest BCUT2D eigenvalue weighted by Gasteiger charge is -2.25. The van der Waals surface area contributed by atoms with E-state index in [1.54, 1.807) is 0 Å². The van der Waals surface area contributed by atoms with Crippen LogP contribution in [0.1, 0.15) is 6.42 Å². The molecule has 1 aliphatic heterocycles. The third-order valence-corrected chi connectivity index (χ3v) is 1.83. The number of nitrogens with zero attached hydrogens (tertiary/aromatic N) is 2. The van der Waals surface area contributed by atoms with Crippen LogP contribution in [0.2, 0.25) is 0 Å². The third-order valence-electron chi connectivity index (χ3n) is 1.83. The average Bonchev–Trinajstić information content (AvgIpc) is 2.06. The summed E-state index contributed by atoms with van der Waals surface area (Å²) in [6, 6.07) is 2.10. The third kappa shape index (κ3) is 3.18. The summed E-state index contributed by atoms with van der Waals surface area (Å²) in [6.07, 6.45) is 1.16. The highest BCUT2D eigenvalue weighted by Gasteiger charge is 2.15. The molecule has 1 unspecified atom stereocenters. The van der Waals surface area contributed by atoms with E-state index in [4.69, 9.17) is 14.7 Å². The molecule has 4 nitrogen and oxygen atoms in total. The van der Waals surface area contributed by atoms with Crippen LogP contribution < -0.4 is 0 Å². The minimum Gasteiger partial charge on any atom is -0.355 e. The molecule has 0 amide bonds. The highest BCUT2D eigenvalue weighted by atomic mass is 16.7. The number of nitriles is 1. The molecule has 0 N–H and O–H groups in total. The van der Waals surface area contributed by atoms with Crippen LogP contribution in [-0.4, -0.2) is 44.5 Å². The molecule has 0 aromatic rings. The molecule has 1 aliphatic rings. The van der Waals surface area contributed by atoms with E-state index in [1.807, 2.05) is 11.9 Å². The Morgan fingerprint density at radius 3 is 3.08 bits per heavy atom. The first-order valence-electron chi connectivity index (χ1n) is 4.08. The minimum absolute atomic E-state index is 0.233. The predicted octanol–water partition coefficient (Wildman–Crippen LogP) is 0.205.